The lowest BCUT2D eigenvalue weighted by Gasteiger charge is -2.35. The summed E-state index contributed by atoms with van der Waals surface area (Å²) in [5, 5.41) is 10.3. The minimum atomic E-state index is -3.32. The molecule has 5 nitrogen and oxygen atoms in total. The number of anilines is 1. The smallest absolute Gasteiger partial charge is 0.234 e. The van der Waals surface area contributed by atoms with Gasteiger partial charge in [-0.1, -0.05) is 58.9 Å². The van der Waals surface area contributed by atoms with Crippen LogP contribution in [0, 0.1) is 19.3 Å². The van der Waals surface area contributed by atoms with E-state index < -0.39 is 16.1 Å². The molecule has 0 heterocycles. The average molecular weight is 490 g/mol. The Bertz CT molecular complexity index is 1080. The van der Waals surface area contributed by atoms with Gasteiger partial charge in [0.15, 0.2) is 0 Å². The van der Waals surface area contributed by atoms with Crippen LogP contribution in [0.5, 0.6) is 5.75 Å². The normalized spacial score (nSPS) is 13.6. The third kappa shape index (κ3) is 5.77. The highest BCUT2D eigenvalue weighted by Crippen LogP contribution is 2.41. The van der Waals surface area contributed by atoms with Crippen LogP contribution in [0.3, 0.4) is 0 Å². The first kappa shape index (κ1) is 28.2. The van der Waals surface area contributed by atoms with Gasteiger partial charge in [0.2, 0.25) is 10.0 Å². The van der Waals surface area contributed by atoms with E-state index in [0.717, 1.165) is 29.7 Å². The second-order valence-electron chi connectivity index (χ2n) is 10.3. The van der Waals surface area contributed by atoms with Crippen LogP contribution in [0.2, 0.25) is 0 Å². The maximum Gasteiger partial charge on any atom is 0.234 e. The molecule has 0 radical (unpaired) electrons. The summed E-state index contributed by atoms with van der Waals surface area (Å²) in [6.07, 6.45) is 1.27. The van der Waals surface area contributed by atoms with Crippen molar-refractivity contribution >= 4 is 15.7 Å². The zero-order chi connectivity index (χ0) is 25.9. The molecule has 0 bridgehead atoms. The maximum absolute atomic E-state index is 12.4. The molecular formula is C28H43NO4S. The molecule has 1 N–H and O–H groups in total. The SMILES string of the molecule is CCC(CC)(c1ccc(OCC(O)C(C)(C)C)c(C)c1)c1ccc(N(C)S(=O)(=O)CC)c(C)c1. The Balaban J connectivity index is 2.43. The first-order valence-electron chi connectivity index (χ1n) is 12.2. The third-order valence-corrected chi connectivity index (χ3v) is 8.96. The van der Waals surface area contributed by atoms with E-state index in [1.165, 1.54) is 15.4 Å². The number of hydrogen-bond donors (Lipinski definition) is 1. The fraction of sp³-hybridized carbons (Fsp3) is 0.571. The fourth-order valence-corrected chi connectivity index (χ4v) is 5.30. The summed E-state index contributed by atoms with van der Waals surface area (Å²) in [6.45, 7) is 16.3. The Labute approximate surface area is 207 Å². The lowest BCUT2D eigenvalue weighted by atomic mass is 9.70. The number of ether oxygens (including phenoxy) is 1. The van der Waals surface area contributed by atoms with E-state index in [1.807, 2.05) is 46.8 Å². The van der Waals surface area contributed by atoms with Gasteiger partial charge in [0.25, 0.3) is 0 Å². The molecule has 1 unspecified atom stereocenters. The zero-order valence-electron chi connectivity index (χ0n) is 22.4. The molecule has 6 heteroatoms. The standard InChI is InChI=1S/C28H43NO4S/c1-10-28(11-2,22-13-15-24(20(4)17-22)29(9)34(31,32)12-3)23-14-16-25(21(5)18-23)33-19-26(30)27(6,7)8/h13-18,26,30H,10-12,19H2,1-9H3. The van der Waals surface area contributed by atoms with Crippen molar-refractivity contribution in [3.05, 3.63) is 58.7 Å². The van der Waals surface area contributed by atoms with Gasteiger partial charge in [0.05, 0.1) is 17.5 Å². The Morgan fingerprint density at radius 3 is 1.91 bits per heavy atom. The maximum atomic E-state index is 12.4. The molecule has 34 heavy (non-hydrogen) atoms. The molecule has 0 saturated carbocycles. The van der Waals surface area contributed by atoms with Crippen molar-refractivity contribution in [3.8, 4) is 5.75 Å². The number of aryl methyl sites for hydroxylation is 2. The largest absolute Gasteiger partial charge is 0.491 e. The van der Waals surface area contributed by atoms with Crippen molar-refractivity contribution in [3.63, 3.8) is 0 Å². The number of aliphatic hydroxyl groups is 1. The number of nitrogens with zero attached hydrogens (tertiary/aromatic N) is 1. The van der Waals surface area contributed by atoms with E-state index in [2.05, 4.69) is 38.1 Å². The minimum Gasteiger partial charge on any atom is -0.491 e. The molecule has 2 aromatic rings. The van der Waals surface area contributed by atoms with Gasteiger partial charge < -0.3 is 9.84 Å². The highest BCUT2D eigenvalue weighted by Gasteiger charge is 2.32. The van der Waals surface area contributed by atoms with Crippen LogP contribution in [0.4, 0.5) is 5.69 Å². The average Bonchev–Trinajstić information content (AvgIpc) is 2.78. The van der Waals surface area contributed by atoms with Crippen molar-refractivity contribution in [2.45, 2.75) is 79.8 Å². The Morgan fingerprint density at radius 2 is 1.47 bits per heavy atom. The quantitative estimate of drug-likeness (QED) is 0.446. The van der Waals surface area contributed by atoms with Crippen molar-refractivity contribution in [2.24, 2.45) is 5.41 Å². The summed E-state index contributed by atoms with van der Waals surface area (Å²) >= 11 is 0. The van der Waals surface area contributed by atoms with E-state index in [1.54, 1.807) is 14.0 Å². The molecule has 0 amide bonds. The monoisotopic (exact) mass is 489 g/mol. The van der Waals surface area contributed by atoms with Gasteiger partial charge in [0, 0.05) is 12.5 Å². The van der Waals surface area contributed by atoms with Gasteiger partial charge in [-0.15, -0.1) is 0 Å². The van der Waals surface area contributed by atoms with Crippen LogP contribution in [-0.4, -0.2) is 39.0 Å². The summed E-state index contributed by atoms with van der Waals surface area (Å²) in [5.74, 6) is 0.852. The summed E-state index contributed by atoms with van der Waals surface area (Å²) in [7, 11) is -1.70. The summed E-state index contributed by atoms with van der Waals surface area (Å²) in [6, 6.07) is 12.4. The van der Waals surface area contributed by atoms with Crippen LogP contribution in [0.1, 0.15) is 76.6 Å². The number of rotatable bonds is 10. The van der Waals surface area contributed by atoms with Crippen molar-refractivity contribution in [2.75, 3.05) is 23.7 Å². The van der Waals surface area contributed by atoms with Gasteiger partial charge in [-0.05, 0) is 73.4 Å². The highest BCUT2D eigenvalue weighted by atomic mass is 32.2. The Morgan fingerprint density at radius 1 is 0.941 bits per heavy atom. The van der Waals surface area contributed by atoms with Gasteiger partial charge >= 0.3 is 0 Å². The molecular weight excluding hydrogens is 446 g/mol. The van der Waals surface area contributed by atoms with Crippen LogP contribution < -0.4 is 9.04 Å². The fourth-order valence-electron chi connectivity index (χ4n) is 4.41. The number of hydrogen-bond acceptors (Lipinski definition) is 4. The third-order valence-electron chi connectivity index (χ3n) is 7.20. The van der Waals surface area contributed by atoms with E-state index in [9.17, 15) is 13.5 Å². The van der Waals surface area contributed by atoms with Gasteiger partial charge in [0.1, 0.15) is 12.4 Å². The lowest BCUT2D eigenvalue weighted by Crippen LogP contribution is -2.32. The lowest BCUT2D eigenvalue weighted by molar-refractivity contribution is 0.0216. The van der Waals surface area contributed by atoms with Gasteiger partial charge in [-0.2, -0.15) is 0 Å². The molecule has 0 spiro atoms. The van der Waals surface area contributed by atoms with E-state index in [0.29, 0.717) is 5.69 Å². The summed E-state index contributed by atoms with van der Waals surface area (Å²) < 4.78 is 32.1. The molecule has 0 aliphatic carbocycles. The topological polar surface area (TPSA) is 66.8 Å². The number of aliphatic hydroxyl groups excluding tert-OH is 1. The molecule has 1 atom stereocenters. The molecule has 2 rings (SSSR count). The molecule has 0 aliphatic heterocycles. The van der Waals surface area contributed by atoms with E-state index in [-0.39, 0.29) is 23.2 Å². The first-order valence-corrected chi connectivity index (χ1v) is 13.8. The predicted molar refractivity (Wildman–Crippen MR) is 143 cm³/mol. The summed E-state index contributed by atoms with van der Waals surface area (Å²) in [5.41, 5.74) is 4.65. The van der Waals surface area contributed by atoms with Crippen molar-refractivity contribution in [1.29, 1.82) is 0 Å². The van der Waals surface area contributed by atoms with Gasteiger partial charge in [-0.25, -0.2) is 8.42 Å². The number of sulfonamides is 1. The van der Waals surface area contributed by atoms with E-state index in [4.69, 9.17) is 4.74 Å². The second-order valence-corrected chi connectivity index (χ2v) is 12.6. The van der Waals surface area contributed by atoms with Crippen molar-refractivity contribution in [1.82, 2.24) is 0 Å². The Hall–Kier alpha value is -2.05. The molecule has 0 saturated heterocycles. The minimum absolute atomic E-state index is 0.0685. The first-order chi connectivity index (χ1) is 15.7. The summed E-state index contributed by atoms with van der Waals surface area (Å²) in [4.78, 5) is 0. The predicted octanol–water partition coefficient (Wildman–Crippen LogP) is 5.98. The van der Waals surface area contributed by atoms with Crippen LogP contribution in [0.25, 0.3) is 0 Å². The van der Waals surface area contributed by atoms with E-state index >= 15 is 0 Å². The molecule has 0 aliphatic rings. The zero-order valence-corrected chi connectivity index (χ0v) is 23.2. The molecule has 2 aromatic carbocycles. The van der Waals surface area contributed by atoms with Crippen LogP contribution in [0.15, 0.2) is 36.4 Å². The molecule has 190 valence electrons. The van der Waals surface area contributed by atoms with Crippen LogP contribution >= 0.6 is 0 Å². The highest BCUT2D eigenvalue weighted by molar-refractivity contribution is 7.92. The molecule has 0 fully saturated rings. The second kappa shape index (κ2) is 10.7. The number of benzene rings is 2. The van der Waals surface area contributed by atoms with Gasteiger partial charge in [-0.3, -0.25) is 4.31 Å². The van der Waals surface area contributed by atoms with Crippen molar-refractivity contribution < 1.29 is 18.3 Å². The molecule has 0 aromatic heterocycles. The van der Waals surface area contributed by atoms with Crippen LogP contribution in [-0.2, 0) is 15.4 Å². The Kier molecular flexibility index (Phi) is 8.87.